The molecule has 2 atom stereocenters. The van der Waals surface area contributed by atoms with E-state index in [1.807, 2.05) is 0 Å². The highest BCUT2D eigenvalue weighted by Crippen LogP contribution is 2.30. The predicted molar refractivity (Wildman–Crippen MR) is 89.9 cm³/mol. The molecule has 0 bridgehead atoms. The molecular formula is C18H18F2N2O5. The van der Waals surface area contributed by atoms with Gasteiger partial charge in [0.2, 0.25) is 5.60 Å². The Morgan fingerprint density at radius 3 is 2.59 bits per heavy atom. The number of benzene rings is 1. The molecule has 0 saturated carbocycles. The topological polar surface area (TPSA) is 84.9 Å². The van der Waals surface area contributed by atoms with E-state index in [2.05, 4.69) is 10.1 Å². The largest absolute Gasteiger partial charge is 0.466 e. The number of nitrogens with one attached hydrogen (secondary N) is 1. The molecule has 1 saturated heterocycles. The van der Waals surface area contributed by atoms with Crippen molar-refractivity contribution in [3.05, 3.63) is 41.5 Å². The van der Waals surface area contributed by atoms with Crippen LogP contribution in [0.15, 0.2) is 29.8 Å². The Morgan fingerprint density at radius 1 is 1.30 bits per heavy atom. The summed E-state index contributed by atoms with van der Waals surface area (Å²) in [7, 11) is 1.28. The van der Waals surface area contributed by atoms with E-state index in [0.717, 1.165) is 17.0 Å². The second kappa shape index (κ2) is 6.98. The number of nitrogens with zero attached hydrogens (tertiary/aromatic N) is 1. The molecule has 1 aromatic carbocycles. The summed E-state index contributed by atoms with van der Waals surface area (Å²) in [4.78, 5) is 37.3. The second-order valence-corrected chi connectivity index (χ2v) is 6.64. The van der Waals surface area contributed by atoms with Gasteiger partial charge in [-0.25, -0.2) is 18.4 Å². The smallest absolute Gasteiger partial charge is 0.415 e. The van der Waals surface area contributed by atoms with Gasteiger partial charge in [-0.15, -0.1) is 0 Å². The SMILES string of the molecule is COC(=O)C1=CC[C@H](NC(=O)[C@@]2(C)CN(c3cc(F)cc(F)c3)C(=O)O2)C1. The number of hydrogen-bond acceptors (Lipinski definition) is 5. The lowest BCUT2D eigenvalue weighted by Crippen LogP contribution is -2.50. The van der Waals surface area contributed by atoms with Gasteiger partial charge < -0.3 is 14.8 Å². The number of hydrogen-bond donors (Lipinski definition) is 1. The van der Waals surface area contributed by atoms with Crippen molar-refractivity contribution in [2.24, 2.45) is 0 Å². The summed E-state index contributed by atoms with van der Waals surface area (Å²) in [5, 5.41) is 2.73. The molecule has 0 unspecified atom stereocenters. The fourth-order valence-corrected chi connectivity index (χ4v) is 3.12. The number of rotatable bonds is 4. The summed E-state index contributed by atoms with van der Waals surface area (Å²) in [5.41, 5.74) is -1.11. The monoisotopic (exact) mass is 380 g/mol. The van der Waals surface area contributed by atoms with Crippen LogP contribution in [0.1, 0.15) is 19.8 Å². The van der Waals surface area contributed by atoms with Gasteiger partial charge in [-0.05, 0) is 31.9 Å². The van der Waals surface area contributed by atoms with Crippen molar-refractivity contribution < 1.29 is 32.6 Å². The van der Waals surface area contributed by atoms with Crippen molar-refractivity contribution >= 4 is 23.7 Å². The number of ether oxygens (including phenoxy) is 2. The Balaban J connectivity index is 1.67. The third-order valence-corrected chi connectivity index (χ3v) is 4.53. The number of amides is 2. The molecule has 1 aliphatic carbocycles. The molecule has 1 fully saturated rings. The van der Waals surface area contributed by atoms with Crippen molar-refractivity contribution in [2.75, 3.05) is 18.6 Å². The molecule has 3 rings (SSSR count). The number of cyclic esters (lactones) is 1. The van der Waals surface area contributed by atoms with Crippen LogP contribution >= 0.6 is 0 Å². The highest BCUT2D eigenvalue weighted by atomic mass is 19.1. The lowest BCUT2D eigenvalue weighted by atomic mass is 10.0. The Kier molecular flexibility index (Phi) is 4.86. The summed E-state index contributed by atoms with van der Waals surface area (Å²) in [5.74, 6) is -2.70. The molecule has 0 spiro atoms. The van der Waals surface area contributed by atoms with Crippen LogP contribution in [0.3, 0.4) is 0 Å². The van der Waals surface area contributed by atoms with Gasteiger partial charge in [0.05, 0.1) is 19.3 Å². The summed E-state index contributed by atoms with van der Waals surface area (Å²) < 4.78 is 36.7. The van der Waals surface area contributed by atoms with Crippen LogP contribution < -0.4 is 10.2 Å². The van der Waals surface area contributed by atoms with Gasteiger partial charge >= 0.3 is 12.1 Å². The van der Waals surface area contributed by atoms with Gasteiger partial charge in [-0.1, -0.05) is 6.08 Å². The lowest BCUT2D eigenvalue weighted by molar-refractivity contribution is -0.137. The van der Waals surface area contributed by atoms with Gasteiger partial charge in [-0.3, -0.25) is 9.69 Å². The lowest BCUT2D eigenvalue weighted by Gasteiger charge is -2.23. The van der Waals surface area contributed by atoms with E-state index in [0.29, 0.717) is 24.5 Å². The molecule has 2 aliphatic rings. The van der Waals surface area contributed by atoms with Crippen molar-refractivity contribution in [1.29, 1.82) is 0 Å². The van der Waals surface area contributed by atoms with Gasteiger partial charge in [0, 0.05) is 17.7 Å². The van der Waals surface area contributed by atoms with E-state index in [1.165, 1.54) is 14.0 Å². The van der Waals surface area contributed by atoms with Crippen LogP contribution in [-0.4, -0.2) is 43.3 Å². The average molecular weight is 380 g/mol. The van der Waals surface area contributed by atoms with E-state index < -0.39 is 35.2 Å². The molecule has 9 heteroatoms. The van der Waals surface area contributed by atoms with Crippen molar-refractivity contribution in [3.63, 3.8) is 0 Å². The molecule has 0 aromatic heterocycles. The first kappa shape index (κ1) is 18.8. The molecule has 1 aromatic rings. The fourth-order valence-electron chi connectivity index (χ4n) is 3.12. The number of halogens is 2. The molecule has 27 heavy (non-hydrogen) atoms. The van der Waals surface area contributed by atoms with E-state index in [4.69, 9.17) is 4.74 Å². The summed E-state index contributed by atoms with van der Waals surface area (Å²) >= 11 is 0. The molecule has 0 radical (unpaired) electrons. The van der Waals surface area contributed by atoms with E-state index >= 15 is 0 Å². The number of carbonyl (C=O) groups excluding carboxylic acids is 3. The molecule has 2 amide bonds. The van der Waals surface area contributed by atoms with Gasteiger partial charge in [0.1, 0.15) is 11.6 Å². The summed E-state index contributed by atoms with van der Waals surface area (Å²) in [6.45, 7) is 1.21. The third-order valence-electron chi connectivity index (χ3n) is 4.53. The zero-order chi connectivity index (χ0) is 19.8. The minimum Gasteiger partial charge on any atom is -0.466 e. The number of esters is 1. The Hall–Kier alpha value is -2.97. The van der Waals surface area contributed by atoms with E-state index in [-0.39, 0.29) is 18.3 Å². The number of methoxy groups -OCH3 is 1. The van der Waals surface area contributed by atoms with E-state index in [9.17, 15) is 23.2 Å². The van der Waals surface area contributed by atoms with Crippen molar-refractivity contribution in [3.8, 4) is 0 Å². The highest BCUT2D eigenvalue weighted by Gasteiger charge is 2.48. The van der Waals surface area contributed by atoms with Crippen LogP contribution in [0.25, 0.3) is 0 Å². The molecule has 1 N–H and O–H groups in total. The van der Waals surface area contributed by atoms with Crippen LogP contribution in [-0.2, 0) is 19.1 Å². The maximum absolute atomic E-state index is 13.4. The first-order valence-electron chi connectivity index (χ1n) is 8.27. The van der Waals surface area contributed by atoms with E-state index in [1.54, 1.807) is 6.08 Å². The normalized spacial score (nSPS) is 24.4. The first-order valence-corrected chi connectivity index (χ1v) is 8.27. The zero-order valence-corrected chi connectivity index (χ0v) is 14.8. The second-order valence-electron chi connectivity index (χ2n) is 6.64. The Labute approximate surface area is 153 Å². The third kappa shape index (κ3) is 3.76. The molecule has 144 valence electrons. The van der Waals surface area contributed by atoms with Crippen LogP contribution in [0, 0.1) is 11.6 Å². The number of carbonyl (C=O) groups is 3. The van der Waals surface area contributed by atoms with Crippen molar-refractivity contribution in [1.82, 2.24) is 5.32 Å². The minimum absolute atomic E-state index is 0.0375. The quantitative estimate of drug-likeness (QED) is 0.809. The molecule has 7 nitrogen and oxygen atoms in total. The average Bonchev–Trinajstić information content (AvgIpc) is 3.18. The maximum Gasteiger partial charge on any atom is 0.415 e. The molecular weight excluding hydrogens is 362 g/mol. The van der Waals surface area contributed by atoms with Crippen LogP contribution in [0.4, 0.5) is 19.3 Å². The standard InChI is InChI=1S/C18H18F2N2O5/c1-18(16(24)21-13-4-3-10(5-13)15(23)26-2)9-22(17(25)27-18)14-7-11(19)6-12(20)8-14/h3,6-8,13H,4-5,9H2,1-2H3,(H,21,24)/t13-,18+/m0/s1. The van der Waals surface area contributed by atoms with Crippen molar-refractivity contribution in [2.45, 2.75) is 31.4 Å². The Bertz CT molecular complexity index is 821. The number of anilines is 1. The maximum atomic E-state index is 13.4. The van der Waals surface area contributed by atoms with Gasteiger partial charge in [0.25, 0.3) is 5.91 Å². The predicted octanol–water partition coefficient (Wildman–Crippen LogP) is 2.06. The van der Waals surface area contributed by atoms with Crippen LogP contribution in [0.2, 0.25) is 0 Å². The van der Waals surface area contributed by atoms with Gasteiger partial charge in [0.15, 0.2) is 0 Å². The summed E-state index contributed by atoms with van der Waals surface area (Å²) in [6, 6.07) is 2.32. The molecule has 1 aliphatic heterocycles. The highest BCUT2D eigenvalue weighted by molar-refractivity contribution is 5.98. The molecule has 1 heterocycles. The fraction of sp³-hybridized carbons (Fsp3) is 0.389. The Morgan fingerprint density at radius 2 is 1.96 bits per heavy atom. The minimum atomic E-state index is -1.53. The van der Waals surface area contributed by atoms with Crippen LogP contribution in [0.5, 0.6) is 0 Å². The zero-order valence-electron chi connectivity index (χ0n) is 14.8. The first-order chi connectivity index (χ1) is 12.7. The van der Waals surface area contributed by atoms with Gasteiger partial charge in [-0.2, -0.15) is 0 Å². The summed E-state index contributed by atoms with van der Waals surface area (Å²) in [6.07, 6.45) is 1.56.